The van der Waals surface area contributed by atoms with E-state index >= 15 is 0 Å². The number of hydrogen-bond acceptors (Lipinski definition) is 3. The topological polar surface area (TPSA) is 49.8 Å². The first-order valence-corrected chi connectivity index (χ1v) is 8.19. The zero-order valence-electron chi connectivity index (χ0n) is 14.3. The van der Waals surface area contributed by atoms with Crippen molar-refractivity contribution in [2.45, 2.75) is 32.3 Å². The molecule has 1 N–H and O–H groups in total. The number of nitrogens with zero attached hydrogens (tertiary/aromatic N) is 1. The van der Waals surface area contributed by atoms with Crippen molar-refractivity contribution < 1.29 is 14.6 Å². The van der Waals surface area contributed by atoms with Crippen LogP contribution >= 0.6 is 0 Å². The summed E-state index contributed by atoms with van der Waals surface area (Å²) in [4.78, 5) is 14.1. The fraction of sp³-hybridized carbons (Fsp3) is 0.350. The molecular weight excluding hydrogens is 302 g/mol. The Labute approximate surface area is 142 Å². The molecule has 126 valence electrons. The van der Waals surface area contributed by atoms with Crippen molar-refractivity contribution in [3.63, 3.8) is 0 Å². The molecule has 4 heteroatoms. The summed E-state index contributed by atoms with van der Waals surface area (Å²) in [6.07, 6.45) is 0.0227. The Morgan fingerprint density at radius 3 is 2.33 bits per heavy atom. The van der Waals surface area contributed by atoms with Crippen LogP contribution in [0.4, 0.5) is 0 Å². The number of hydrogen-bond donors (Lipinski definition) is 1. The Bertz CT molecular complexity index is 725. The number of ether oxygens (including phenoxy) is 1. The quantitative estimate of drug-likeness (QED) is 0.938. The predicted octanol–water partition coefficient (Wildman–Crippen LogP) is 3.59. The summed E-state index contributed by atoms with van der Waals surface area (Å²) >= 11 is 0. The first kappa shape index (κ1) is 16.4. The van der Waals surface area contributed by atoms with Crippen molar-refractivity contribution >= 4 is 5.91 Å². The van der Waals surface area contributed by atoms with Crippen molar-refractivity contribution in [1.29, 1.82) is 0 Å². The lowest BCUT2D eigenvalue weighted by Crippen LogP contribution is -2.56. The highest BCUT2D eigenvalue weighted by atomic mass is 16.5. The van der Waals surface area contributed by atoms with Gasteiger partial charge in [0.25, 0.3) is 5.91 Å². The van der Waals surface area contributed by atoms with Gasteiger partial charge in [-0.05, 0) is 41.3 Å². The Kier molecular flexibility index (Phi) is 4.22. The lowest BCUT2D eigenvalue weighted by molar-refractivity contribution is 0.0171. The molecule has 2 aromatic carbocycles. The highest BCUT2D eigenvalue weighted by Gasteiger charge is 2.33. The first-order valence-electron chi connectivity index (χ1n) is 8.19. The number of phenols is 1. The molecule has 1 fully saturated rings. The lowest BCUT2D eigenvalue weighted by atomic mass is 9.86. The van der Waals surface area contributed by atoms with Crippen LogP contribution in [-0.2, 0) is 5.41 Å². The van der Waals surface area contributed by atoms with Crippen LogP contribution in [0.5, 0.6) is 11.5 Å². The van der Waals surface area contributed by atoms with Gasteiger partial charge in [-0.2, -0.15) is 0 Å². The number of amides is 1. The molecule has 2 aromatic rings. The minimum atomic E-state index is -0.0287. The summed E-state index contributed by atoms with van der Waals surface area (Å²) < 4.78 is 6.11. The van der Waals surface area contributed by atoms with E-state index in [1.807, 2.05) is 18.2 Å². The summed E-state index contributed by atoms with van der Waals surface area (Å²) in [6.45, 7) is 7.65. The second kappa shape index (κ2) is 6.19. The van der Waals surface area contributed by atoms with Gasteiger partial charge in [-0.3, -0.25) is 4.79 Å². The van der Waals surface area contributed by atoms with E-state index in [2.05, 4.69) is 26.8 Å². The summed E-state index contributed by atoms with van der Waals surface area (Å²) in [7, 11) is 0. The molecule has 0 saturated carbocycles. The second-order valence-electron chi connectivity index (χ2n) is 7.24. The van der Waals surface area contributed by atoms with Crippen molar-refractivity contribution in [2.24, 2.45) is 0 Å². The second-order valence-corrected chi connectivity index (χ2v) is 7.24. The standard InChI is InChI=1S/C20H23NO3/c1-20(2,3)17-6-4-5-7-18(17)24-16-12-21(13-16)19(23)14-8-10-15(22)11-9-14/h4-11,16,22H,12-13H2,1-3H3. The van der Waals surface area contributed by atoms with E-state index in [-0.39, 0.29) is 23.2 Å². The number of rotatable bonds is 3. The maximum Gasteiger partial charge on any atom is 0.254 e. The van der Waals surface area contributed by atoms with Crippen LogP contribution in [0.1, 0.15) is 36.7 Å². The molecule has 24 heavy (non-hydrogen) atoms. The number of para-hydroxylation sites is 1. The first-order chi connectivity index (χ1) is 11.3. The minimum absolute atomic E-state index is 0.0158. The van der Waals surface area contributed by atoms with Gasteiger partial charge < -0.3 is 14.7 Å². The molecule has 3 rings (SSSR count). The van der Waals surface area contributed by atoms with Crippen LogP contribution < -0.4 is 4.74 Å². The van der Waals surface area contributed by atoms with E-state index in [1.165, 1.54) is 17.7 Å². The predicted molar refractivity (Wildman–Crippen MR) is 93.6 cm³/mol. The highest BCUT2D eigenvalue weighted by Crippen LogP contribution is 2.32. The van der Waals surface area contributed by atoms with E-state index in [9.17, 15) is 9.90 Å². The van der Waals surface area contributed by atoms with Gasteiger partial charge in [0.15, 0.2) is 0 Å². The molecule has 0 bridgehead atoms. The van der Waals surface area contributed by atoms with Gasteiger partial charge in [-0.25, -0.2) is 0 Å². The molecule has 0 radical (unpaired) electrons. The van der Waals surface area contributed by atoms with Gasteiger partial charge in [-0.15, -0.1) is 0 Å². The third-order valence-electron chi connectivity index (χ3n) is 4.24. The number of phenolic OH excluding ortho intramolecular Hbond substituents is 1. The third kappa shape index (κ3) is 3.37. The molecule has 0 unspecified atom stereocenters. The van der Waals surface area contributed by atoms with Gasteiger partial charge >= 0.3 is 0 Å². The normalized spacial score (nSPS) is 15.0. The molecular formula is C20H23NO3. The van der Waals surface area contributed by atoms with Crippen LogP contribution in [0.25, 0.3) is 0 Å². The highest BCUT2D eigenvalue weighted by molar-refractivity contribution is 5.94. The van der Waals surface area contributed by atoms with Crippen LogP contribution in [0.15, 0.2) is 48.5 Å². The summed E-state index contributed by atoms with van der Waals surface area (Å²) in [5.41, 5.74) is 1.77. The van der Waals surface area contributed by atoms with Crippen molar-refractivity contribution in [1.82, 2.24) is 4.90 Å². The zero-order chi connectivity index (χ0) is 17.3. The van der Waals surface area contributed by atoms with Crippen molar-refractivity contribution in [2.75, 3.05) is 13.1 Å². The number of carbonyl (C=O) groups excluding carboxylic acids is 1. The molecule has 0 aromatic heterocycles. The Hall–Kier alpha value is -2.49. The van der Waals surface area contributed by atoms with E-state index in [0.717, 1.165) is 5.75 Å². The van der Waals surface area contributed by atoms with Gasteiger partial charge in [0, 0.05) is 5.56 Å². The molecule has 1 heterocycles. The van der Waals surface area contributed by atoms with Gasteiger partial charge in [0.1, 0.15) is 17.6 Å². The number of benzene rings is 2. The summed E-state index contributed by atoms with van der Waals surface area (Å²) in [6, 6.07) is 14.4. The van der Waals surface area contributed by atoms with E-state index in [1.54, 1.807) is 17.0 Å². The fourth-order valence-electron chi connectivity index (χ4n) is 2.83. The Morgan fingerprint density at radius 2 is 1.71 bits per heavy atom. The molecule has 1 amide bonds. The summed E-state index contributed by atoms with van der Waals surface area (Å²) in [5.74, 6) is 1.03. The third-order valence-corrected chi connectivity index (χ3v) is 4.24. The number of aromatic hydroxyl groups is 1. The molecule has 1 saturated heterocycles. The Morgan fingerprint density at radius 1 is 1.08 bits per heavy atom. The average molecular weight is 325 g/mol. The maximum absolute atomic E-state index is 12.4. The van der Waals surface area contributed by atoms with Crippen molar-refractivity contribution in [3.05, 3.63) is 59.7 Å². The average Bonchev–Trinajstić information content (AvgIpc) is 2.50. The molecule has 1 aliphatic rings. The van der Waals surface area contributed by atoms with E-state index < -0.39 is 0 Å². The van der Waals surface area contributed by atoms with Crippen LogP contribution in [0.2, 0.25) is 0 Å². The molecule has 4 nitrogen and oxygen atoms in total. The minimum Gasteiger partial charge on any atom is -0.508 e. The SMILES string of the molecule is CC(C)(C)c1ccccc1OC1CN(C(=O)c2ccc(O)cc2)C1. The lowest BCUT2D eigenvalue weighted by Gasteiger charge is -2.39. The van der Waals surface area contributed by atoms with E-state index in [4.69, 9.17) is 4.74 Å². The van der Waals surface area contributed by atoms with Crippen LogP contribution in [-0.4, -0.2) is 35.1 Å². The smallest absolute Gasteiger partial charge is 0.254 e. The number of carbonyl (C=O) groups is 1. The van der Waals surface area contributed by atoms with E-state index in [0.29, 0.717) is 18.7 Å². The molecule has 0 spiro atoms. The monoisotopic (exact) mass is 325 g/mol. The molecule has 0 atom stereocenters. The fourth-order valence-corrected chi connectivity index (χ4v) is 2.83. The van der Waals surface area contributed by atoms with Gasteiger partial charge in [0.05, 0.1) is 13.1 Å². The van der Waals surface area contributed by atoms with Gasteiger partial charge in [0.2, 0.25) is 0 Å². The molecule has 1 aliphatic heterocycles. The largest absolute Gasteiger partial charge is 0.508 e. The van der Waals surface area contributed by atoms with Crippen LogP contribution in [0, 0.1) is 0 Å². The molecule has 0 aliphatic carbocycles. The Balaban J connectivity index is 1.62. The summed E-state index contributed by atoms with van der Waals surface area (Å²) in [5, 5.41) is 9.30. The van der Waals surface area contributed by atoms with Gasteiger partial charge in [-0.1, -0.05) is 39.0 Å². The zero-order valence-corrected chi connectivity index (χ0v) is 14.3. The van der Waals surface area contributed by atoms with Crippen LogP contribution in [0.3, 0.4) is 0 Å². The maximum atomic E-state index is 12.4. The number of likely N-dealkylation sites (tertiary alicyclic amines) is 1. The van der Waals surface area contributed by atoms with Crippen molar-refractivity contribution in [3.8, 4) is 11.5 Å².